The van der Waals surface area contributed by atoms with Crippen LogP contribution >= 0.6 is 0 Å². The summed E-state index contributed by atoms with van der Waals surface area (Å²) in [5, 5.41) is 20.4. The SMILES string of the molecule is N#Cc1c(-c2nc(-c3ccccc3)nc(-c3ccccc3)n2)c(-n2c3ccccc3c3cccnc32)c(-n2c3ccccc3c3cccnc32)c(-n2c3ccccc3c3cccnc32)c1-n1c2ccccc2c2cccnc21. The van der Waals surface area contributed by atoms with Crippen LogP contribution in [0, 0.1) is 11.3 Å². The summed E-state index contributed by atoms with van der Waals surface area (Å²) >= 11 is 0. The number of fused-ring (bicyclic) bond motifs is 12. The van der Waals surface area contributed by atoms with E-state index in [2.05, 4.69) is 127 Å². The molecule has 12 nitrogen and oxygen atoms in total. The zero-order valence-corrected chi connectivity index (χ0v) is 41.3. The monoisotopic (exact) mass is 998 g/mol. The van der Waals surface area contributed by atoms with Crippen LogP contribution in [0.3, 0.4) is 0 Å². The van der Waals surface area contributed by atoms with Gasteiger partial charge in [-0.2, -0.15) is 5.26 Å². The lowest BCUT2D eigenvalue weighted by molar-refractivity contribution is 0.987. The number of rotatable bonds is 7. The van der Waals surface area contributed by atoms with Gasteiger partial charge in [0.15, 0.2) is 17.5 Å². The van der Waals surface area contributed by atoms with Gasteiger partial charge < -0.3 is 0 Å². The summed E-state index contributed by atoms with van der Waals surface area (Å²) in [5.41, 5.74) is 10.8. The number of hydrogen-bond donors (Lipinski definition) is 0. The van der Waals surface area contributed by atoms with E-state index in [0.717, 1.165) is 76.3 Å². The Bertz CT molecular complexity index is 4910. The van der Waals surface area contributed by atoms with Gasteiger partial charge >= 0.3 is 0 Å². The Morgan fingerprint density at radius 3 is 0.949 bits per heavy atom. The van der Waals surface area contributed by atoms with Crippen LogP contribution in [0.2, 0.25) is 0 Å². The Balaban J connectivity index is 1.27. The van der Waals surface area contributed by atoms with E-state index in [1.807, 2.05) is 128 Å². The van der Waals surface area contributed by atoms with Gasteiger partial charge in [-0.1, -0.05) is 133 Å². The minimum Gasteiger partial charge on any atom is -0.291 e. The summed E-state index contributed by atoms with van der Waals surface area (Å²) < 4.78 is 8.85. The van der Waals surface area contributed by atoms with Crippen LogP contribution in [-0.4, -0.2) is 53.2 Å². The molecule has 362 valence electrons. The van der Waals surface area contributed by atoms with Gasteiger partial charge in [0.1, 0.15) is 28.7 Å². The maximum atomic E-state index is 12.8. The summed E-state index contributed by atoms with van der Waals surface area (Å²) in [4.78, 5) is 37.4. The molecule has 0 saturated carbocycles. The highest BCUT2D eigenvalue weighted by molar-refractivity contribution is 6.15. The van der Waals surface area contributed by atoms with E-state index in [4.69, 9.17) is 34.9 Å². The second-order valence-corrected chi connectivity index (χ2v) is 19.2. The van der Waals surface area contributed by atoms with Crippen LogP contribution in [0.4, 0.5) is 0 Å². The highest BCUT2D eigenvalue weighted by Gasteiger charge is 2.37. The highest BCUT2D eigenvalue weighted by Crippen LogP contribution is 2.51. The third kappa shape index (κ3) is 6.18. The van der Waals surface area contributed by atoms with Gasteiger partial charge in [-0.05, 0) is 72.8 Å². The molecule has 0 radical (unpaired) electrons. The molecule has 0 aliphatic carbocycles. The van der Waals surface area contributed by atoms with Crippen LogP contribution in [0.15, 0.2) is 231 Å². The van der Waals surface area contributed by atoms with Crippen LogP contribution in [-0.2, 0) is 0 Å². The molecule has 0 amide bonds. The molecular weight excluding hydrogens is 961 g/mol. The smallest absolute Gasteiger partial charge is 0.167 e. The first-order valence-corrected chi connectivity index (χ1v) is 25.6. The molecule has 0 atom stereocenters. The molecule has 0 bridgehead atoms. The first-order valence-electron chi connectivity index (χ1n) is 25.6. The van der Waals surface area contributed by atoms with Crippen molar-refractivity contribution in [3.63, 3.8) is 0 Å². The quantitative estimate of drug-likeness (QED) is 0.154. The molecule has 0 N–H and O–H groups in total. The predicted octanol–water partition coefficient (Wildman–Crippen LogP) is 14.7. The van der Waals surface area contributed by atoms with Crippen LogP contribution in [0.25, 0.3) is 145 Å². The average Bonchev–Trinajstić information content (AvgIpc) is 4.42. The predicted molar refractivity (Wildman–Crippen MR) is 309 cm³/mol. The number of hydrogen-bond acceptors (Lipinski definition) is 8. The molecular formula is C66H38N12. The summed E-state index contributed by atoms with van der Waals surface area (Å²) in [6, 6.07) is 72.5. The highest BCUT2D eigenvalue weighted by atomic mass is 15.2. The lowest BCUT2D eigenvalue weighted by Crippen LogP contribution is -2.18. The third-order valence-electron chi connectivity index (χ3n) is 15.1. The van der Waals surface area contributed by atoms with Gasteiger partial charge in [0.05, 0.1) is 55.9 Å². The molecule has 7 aromatic carbocycles. The molecule has 16 aromatic rings. The zero-order valence-electron chi connectivity index (χ0n) is 41.3. The standard InChI is InChI=1S/C66H38N12/c67-39-50-55(62-73-60(40-19-3-1-4-20-40)72-61(74-62)41-21-5-2-6-22-41)57(76-52-32-12-8-24-43(52)47-28-16-36-69-64(47)76)59(78-54-34-14-10-26-45(54)49-30-18-38-71-66(49)78)58(77-53-33-13-9-25-44(53)48-29-17-37-70-65(48)77)56(50)75-51-31-11-7-23-42(51)46-27-15-35-68-63(46)75/h1-38H. The Kier molecular flexibility index (Phi) is 9.39. The van der Waals surface area contributed by atoms with Crippen molar-refractivity contribution in [2.75, 3.05) is 0 Å². The topological polar surface area (TPSA) is 134 Å². The lowest BCUT2D eigenvalue weighted by atomic mass is 9.97. The van der Waals surface area contributed by atoms with Gasteiger partial charge in [0.25, 0.3) is 0 Å². The number of benzene rings is 7. The van der Waals surface area contributed by atoms with E-state index >= 15 is 0 Å². The fourth-order valence-corrected chi connectivity index (χ4v) is 11.9. The van der Waals surface area contributed by atoms with E-state index < -0.39 is 0 Å². The molecule has 9 aromatic heterocycles. The summed E-state index contributed by atoms with van der Waals surface area (Å²) in [6.45, 7) is 0. The molecule has 78 heavy (non-hydrogen) atoms. The molecule has 12 heteroatoms. The average molecular weight is 999 g/mol. The minimum absolute atomic E-state index is 0.271. The zero-order chi connectivity index (χ0) is 51.4. The number of pyridine rings is 4. The number of nitrogens with zero attached hydrogens (tertiary/aromatic N) is 12. The molecule has 9 heterocycles. The fraction of sp³-hybridized carbons (Fsp3) is 0. The number of nitriles is 1. The van der Waals surface area contributed by atoms with Crippen molar-refractivity contribution in [1.29, 1.82) is 5.26 Å². The van der Waals surface area contributed by atoms with Crippen LogP contribution in [0.5, 0.6) is 0 Å². The van der Waals surface area contributed by atoms with Gasteiger partial charge in [-0.25, -0.2) is 34.9 Å². The van der Waals surface area contributed by atoms with E-state index in [-0.39, 0.29) is 11.4 Å². The van der Waals surface area contributed by atoms with Crippen molar-refractivity contribution in [2.24, 2.45) is 0 Å². The summed E-state index contributed by atoms with van der Waals surface area (Å²) in [7, 11) is 0. The molecule has 0 saturated heterocycles. The Morgan fingerprint density at radius 1 is 0.282 bits per heavy atom. The summed E-state index contributed by atoms with van der Waals surface area (Å²) in [5.74, 6) is 1.14. The number of para-hydroxylation sites is 4. The maximum absolute atomic E-state index is 12.8. The minimum atomic E-state index is 0.271. The van der Waals surface area contributed by atoms with E-state index in [0.29, 0.717) is 62.6 Å². The fourth-order valence-electron chi connectivity index (χ4n) is 11.9. The van der Waals surface area contributed by atoms with Gasteiger partial charge in [-0.3, -0.25) is 18.3 Å². The molecule has 0 unspecified atom stereocenters. The third-order valence-corrected chi connectivity index (χ3v) is 15.1. The Morgan fingerprint density at radius 2 is 0.577 bits per heavy atom. The Hall–Kier alpha value is -11.2. The number of aromatic nitrogens is 11. The molecule has 0 aliphatic heterocycles. The largest absolute Gasteiger partial charge is 0.291 e. The van der Waals surface area contributed by atoms with Crippen molar-refractivity contribution in [3.8, 4) is 63.0 Å². The second kappa shape index (κ2) is 16.9. The summed E-state index contributed by atoms with van der Waals surface area (Å²) in [6.07, 6.45) is 7.31. The van der Waals surface area contributed by atoms with Crippen LogP contribution in [0.1, 0.15) is 5.56 Å². The Labute approximate surface area is 443 Å². The van der Waals surface area contributed by atoms with E-state index in [1.165, 1.54) is 0 Å². The first-order chi connectivity index (χ1) is 38.7. The molecule has 0 spiro atoms. The van der Waals surface area contributed by atoms with Crippen LogP contribution < -0.4 is 0 Å². The van der Waals surface area contributed by atoms with Crippen molar-refractivity contribution < 1.29 is 0 Å². The van der Waals surface area contributed by atoms with E-state index in [1.54, 1.807) is 0 Å². The maximum Gasteiger partial charge on any atom is 0.167 e. The lowest BCUT2D eigenvalue weighted by Gasteiger charge is -2.28. The normalized spacial score (nSPS) is 11.8. The first kappa shape index (κ1) is 43.3. The van der Waals surface area contributed by atoms with E-state index in [9.17, 15) is 5.26 Å². The molecule has 0 fully saturated rings. The van der Waals surface area contributed by atoms with Gasteiger partial charge in [0.2, 0.25) is 0 Å². The van der Waals surface area contributed by atoms with Crippen molar-refractivity contribution in [1.82, 2.24) is 53.2 Å². The molecule has 16 rings (SSSR count). The van der Waals surface area contributed by atoms with Crippen molar-refractivity contribution in [3.05, 3.63) is 237 Å². The molecule has 0 aliphatic rings. The van der Waals surface area contributed by atoms with Crippen molar-refractivity contribution in [2.45, 2.75) is 0 Å². The van der Waals surface area contributed by atoms with Gasteiger partial charge in [0, 0.05) is 79.0 Å². The second-order valence-electron chi connectivity index (χ2n) is 19.2. The van der Waals surface area contributed by atoms with Gasteiger partial charge in [-0.15, -0.1) is 0 Å². The van der Waals surface area contributed by atoms with Crippen molar-refractivity contribution >= 4 is 87.7 Å².